The van der Waals surface area contributed by atoms with Crippen molar-refractivity contribution in [3.8, 4) is 0 Å². The van der Waals surface area contributed by atoms with Gasteiger partial charge in [-0.25, -0.2) is 9.67 Å². The number of hydrogen-bond donors (Lipinski definition) is 0. The molecular weight excluding hydrogens is 418 g/mol. The van der Waals surface area contributed by atoms with Crippen LogP contribution in [-0.2, 0) is 13.0 Å². The zero-order chi connectivity index (χ0) is 20.9. The summed E-state index contributed by atoms with van der Waals surface area (Å²) < 4.78 is 6.70. The normalized spacial score (nSPS) is 22.1. The van der Waals surface area contributed by atoms with Gasteiger partial charge in [0.1, 0.15) is 12.4 Å². The molecule has 2 fully saturated rings. The van der Waals surface area contributed by atoms with Gasteiger partial charge in [0.15, 0.2) is 5.82 Å². The number of fused-ring (bicyclic) bond motifs is 2. The highest BCUT2D eigenvalue weighted by Crippen LogP contribution is 2.53. The van der Waals surface area contributed by atoms with Crippen molar-refractivity contribution in [1.82, 2.24) is 29.9 Å². The monoisotopic (exact) mass is 435 g/mol. The Labute approximate surface area is 181 Å². The van der Waals surface area contributed by atoms with Crippen LogP contribution >= 0.6 is 11.6 Å². The summed E-state index contributed by atoms with van der Waals surface area (Å²) in [5.41, 5.74) is 0.342. The molecule has 0 spiro atoms. The molecule has 1 saturated heterocycles. The van der Waals surface area contributed by atoms with Gasteiger partial charge in [0.05, 0.1) is 17.1 Å². The third-order valence-electron chi connectivity index (χ3n) is 6.24. The summed E-state index contributed by atoms with van der Waals surface area (Å²) in [6.07, 6.45) is 5.72. The predicted octanol–water partition coefficient (Wildman–Crippen LogP) is 2.20. The highest BCUT2D eigenvalue weighted by atomic mass is 35.5. The Morgan fingerprint density at radius 1 is 1.16 bits per heavy atom. The maximum absolute atomic E-state index is 12.6. The average Bonchev–Trinajstić information content (AvgIpc) is 3.13. The van der Waals surface area contributed by atoms with Crippen molar-refractivity contribution >= 4 is 28.3 Å². The van der Waals surface area contributed by atoms with Gasteiger partial charge >= 0.3 is 0 Å². The summed E-state index contributed by atoms with van der Waals surface area (Å²) in [6, 6.07) is 7.16. The SMILES string of the molecule is O=c1c2cccnc2cnn1Cc1nc(CC2[C@H]3CN(c4cc(Cl)ccn4)C[C@@H]23)no1. The zero-order valence-electron chi connectivity index (χ0n) is 16.4. The lowest BCUT2D eigenvalue weighted by molar-refractivity contribution is 0.357. The van der Waals surface area contributed by atoms with Crippen molar-refractivity contribution < 1.29 is 4.52 Å². The van der Waals surface area contributed by atoms with Crippen LogP contribution in [0.15, 0.2) is 52.2 Å². The Kier molecular flexibility index (Phi) is 4.24. The molecule has 0 amide bonds. The maximum atomic E-state index is 12.6. The number of pyridine rings is 2. The minimum Gasteiger partial charge on any atom is -0.356 e. The van der Waals surface area contributed by atoms with Crippen LogP contribution in [-0.4, -0.2) is 43.0 Å². The van der Waals surface area contributed by atoms with E-state index in [0.29, 0.717) is 45.4 Å². The molecule has 31 heavy (non-hydrogen) atoms. The molecule has 3 atom stereocenters. The van der Waals surface area contributed by atoms with Gasteiger partial charge in [-0.2, -0.15) is 10.1 Å². The lowest BCUT2D eigenvalue weighted by Crippen LogP contribution is -2.25. The predicted molar refractivity (Wildman–Crippen MR) is 113 cm³/mol. The highest BCUT2D eigenvalue weighted by Gasteiger charge is 2.56. The molecule has 0 N–H and O–H groups in total. The molecular formula is C21H18ClN7O2. The Morgan fingerprint density at radius 2 is 2.03 bits per heavy atom. The number of nitrogens with zero attached hydrogens (tertiary/aromatic N) is 7. The third-order valence-corrected chi connectivity index (χ3v) is 6.47. The van der Waals surface area contributed by atoms with Crippen LogP contribution in [0.3, 0.4) is 0 Å². The Bertz CT molecular complexity index is 1320. The zero-order valence-corrected chi connectivity index (χ0v) is 17.2. The van der Waals surface area contributed by atoms with E-state index in [1.807, 2.05) is 6.07 Å². The summed E-state index contributed by atoms with van der Waals surface area (Å²) in [5, 5.41) is 9.50. The summed E-state index contributed by atoms with van der Waals surface area (Å²) in [4.78, 5) is 27.9. The number of halogens is 1. The van der Waals surface area contributed by atoms with Crippen LogP contribution < -0.4 is 10.5 Å². The minimum absolute atomic E-state index is 0.141. The molecule has 9 nitrogen and oxygen atoms in total. The largest absolute Gasteiger partial charge is 0.356 e. The van der Waals surface area contributed by atoms with Crippen molar-refractivity contribution in [2.75, 3.05) is 18.0 Å². The first kappa shape index (κ1) is 18.4. The standard InChI is InChI=1S/C21H18ClN7O2/c22-12-3-5-24-19(6-12)28-9-15-14(16(15)10-28)7-18-26-20(31-27-18)11-29-21(30)13-2-1-4-23-17(13)8-25-29/h1-6,8,14-16H,7,9-11H2/t14?,15-,16+. The van der Waals surface area contributed by atoms with Crippen LogP contribution in [0.5, 0.6) is 0 Å². The molecule has 1 saturated carbocycles. The van der Waals surface area contributed by atoms with Crippen molar-refractivity contribution in [2.24, 2.45) is 17.8 Å². The molecule has 1 unspecified atom stereocenters. The second kappa shape index (κ2) is 7.12. The number of piperidine rings is 1. The molecule has 4 aromatic rings. The molecule has 0 bridgehead atoms. The molecule has 1 aliphatic carbocycles. The first-order valence-corrected chi connectivity index (χ1v) is 10.5. The summed E-state index contributed by atoms with van der Waals surface area (Å²) in [7, 11) is 0. The van der Waals surface area contributed by atoms with Crippen LogP contribution in [0, 0.1) is 17.8 Å². The fourth-order valence-electron chi connectivity index (χ4n) is 4.61. The van der Waals surface area contributed by atoms with E-state index in [-0.39, 0.29) is 12.1 Å². The molecule has 6 rings (SSSR count). The molecule has 1 aliphatic heterocycles. The number of hydrogen-bond acceptors (Lipinski definition) is 8. The first-order chi connectivity index (χ1) is 15.2. The minimum atomic E-state index is -0.225. The van der Waals surface area contributed by atoms with E-state index in [1.165, 1.54) is 4.68 Å². The second-order valence-electron chi connectivity index (χ2n) is 8.08. The van der Waals surface area contributed by atoms with Gasteiger partial charge in [-0.05, 0) is 42.0 Å². The van der Waals surface area contributed by atoms with Crippen LogP contribution in [0.4, 0.5) is 5.82 Å². The van der Waals surface area contributed by atoms with Crippen LogP contribution in [0.1, 0.15) is 11.7 Å². The number of rotatable bonds is 5. The molecule has 0 radical (unpaired) electrons. The number of aromatic nitrogens is 6. The van der Waals surface area contributed by atoms with E-state index >= 15 is 0 Å². The topological polar surface area (TPSA) is 103 Å². The second-order valence-corrected chi connectivity index (χ2v) is 8.52. The van der Waals surface area contributed by atoms with Gasteiger partial charge in [-0.3, -0.25) is 9.78 Å². The fraction of sp³-hybridized carbons (Fsp3) is 0.333. The van der Waals surface area contributed by atoms with E-state index in [1.54, 1.807) is 36.8 Å². The quantitative estimate of drug-likeness (QED) is 0.470. The van der Waals surface area contributed by atoms with Crippen LogP contribution in [0.25, 0.3) is 10.9 Å². The summed E-state index contributed by atoms with van der Waals surface area (Å²) in [6.45, 7) is 2.08. The molecule has 5 heterocycles. The Morgan fingerprint density at radius 3 is 2.87 bits per heavy atom. The van der Waals surface area contributed by atoms with Crippen molar-refractivity contribution in [3.63, 3.8) is 0 Å². The lowest BCUT2D eigenvalue weighted by atomic mass is 10.2. The van der Waals surface area contributed by atoms with Gasteiger partial charge in [-0.1, -0.05) is 16.8 Å². The Balaban J connectivity index is 1.10. The molecule has 4 aromatic heterocycles. The van der Waals surface area contributed by atoms with Crippen molar-refractivity contribution in [2.45, 2.75) is 13.0 Å². The molecule has 0 aromatic carbocycles. The van der Waals surface area contributed by atoms with Gasteiger partial charge in [0.2, 0.25) is 5.89 Å². The highest BCUT2D eigenvalue weighted by molar-refractivity contribution is 6.30. The average molecular weight is 436 g/mol. The number of anilines is 1. The lowest BCUT2D eigenvalue weighted by Gasteiger charge is -2.20. The summed E-state index contributed by atoms with van der Waals surface area (Å²) in [5.74, 6) is 3.76. The molecule has 2 aliphatic rings. The van der Waals surface area contributed by atoms with Gasteiger partial charge in [0, 0.05) is 36.9 Å². The van der Waals surface area contributed by atoms with Gasteiger partial charge < -0.3 is 9.42 Å². The third kappa shape index (κ3) is 3.34. The Hall–Kier alpha value is -3.33. The van der Waals surface area contributed by atoms with Crippen LogP contribution in [0.2, 0.25) is 5.02 Å². The van der Waals surface area contributed by atoms with E-state index < -0.39 is 0 Å². The van der Waals surface area contributed by atoms with E-state index in [9.17, 15) is 4.79 Å². The first-order valence-electron chi connectivity index (χ1n) is 10.1. The summed E-state index contributed by atoms with van der Waals surface area (Å²) >= 11 is 6.08. The van der Waals surface area contributed by atoms with Gasteiger partial charge in [-0.15, -0.1) is 0 Å². The smallest absolute Gasteiger partial charge is 0.276 e. The molecule has 156 valence electrons. The van der Waals surface area contributed by atoms with E-state index in [4.69, 9.17) is 16.1 Å². The molecule has 10 heteroatoms. The maximum Gasteiger partial charge on any atom is 0.276 e. The fourth-order valence-corrected chi connectivity index (χ4v) is 4.77. The van der Waals surface area contributed by atoms with Crippen molar-refractivity contribution in [1.29, 1.82) is 0 Å². The van der Waals surface area contributed by atoms with Crippen molar-refractivity contribution in [3.05, 3.63) is 69.9 Å². The van der Waals surface area contributed by atoms with E-state index in [0.717, 1.165) is 25.3 Å². The van der Waals surface area contributed by atoms with E-state index in [2.05, 4.69) is 30.1 Å². The van der Waals surface area contributed by atoms with Gasteiger partial charge in [0.25, 0.3) is 5.56 Å².